The van der Waals surface area contributed by atoms with Crippen LogP contribution in [0.4, 0.5) is 0 Å². The lowest BCUT2D eigenvalue weighted by Crippen LogP contribution is -2.09. The number of ether oxygens (including phenoxy) is 2. The molecule has 6 nitrogen and oxygen atoms in total. The standard InChI is InChI=1S/C12H15N3O3/c1-15-11(9(17-2)7-13-15)12(16)8-5-4-6-10(14-8)18-3/h4-7,12,16H,1-3H3. The normalized spacial score (nSPS) is 12.2. The number of aryl methyl sites for hydroxylation is 1. The molecule has 0 radical (unpaired) electrons. The van der Waals surface area contributed by atoms with Crippen LogP contribution in [0.3, 0.4) is 0 Å². The molecule has 18 heavy (non-hydrogen) atoms. The third kappa shape index (κ3) is 2.14. The number of aliphatic hydroxyl groups excluding tert-OH is 1. The summed E-state index contributed by atoms with van der Waals surface area (Å²) in [6, 6.07) is 5.21. The van der Waals surface area contributed by atoms with Gasteiger partial charge in [0.2, 0.25) is 5.88 Å². The molecule has 0 aliphatic rings. The van der Waals surface area contributed by atoms with Crippen LogP contribution < -0.4 is 9.47 Å². The molecule has 0 aliphatic heterocycles. The first-order valence-corrected chi connectivity index (χ1v) is 5.42. The molecule has 0 fully saturated rings. The van der Waals surface area contributed by atoms with Gasteiger partial charge in [0.1, 0.15) is 11.8 Å². The van der Waals surface area contributed by atoms with Crippen LogP contribution in [0.15, 0.2) is 24.4 Å². The smallest absolute Gasteiger partial charge is 0.213 e. The van der Waals surface area contributed by atoms with Crippen molar-refractivity contribution in [3.8, 4) is 11.6 Å². The highest BCUT2D eigenvalue weighted by Gasteiger charge is 2.21. The van der Waals surface area contributed by atoms with E-state index in [2.05, 4.69) is 10.1 Å². The van der Waals surface area contributed by atoms with Crippen molar-refractivity contribution in [3.05, 3.63) is 35.8 Å². The van der Waals surface area contributed by atoms with Crippen molar-refractivity contribution in [1.29, 1.82) is 0 Å². The van der Waals surface area contributed by atoms with Crippen LogP contribution in [0.5, 0.6) is 11.6 Å². The molecular formula is C12H15N3O3. The molecule has 2 aromatic rings. The summed E-state index contributed by atoms with van der Waals surface area (Å²) in [4.78, 5) is 4.19. The second kappa shape index (κ2) is 5.05. The molecule has 0 amide bonds. The number of rotatable bonds is 4. The maximum atomic E-state index is 10.3. The monoisotopic (exact) mass is 249 g/mol. The predicted octanol–water partition coefficient (Wildman–Crippen LogP) is 0.914. The summed E-state index contributed by atoms with van der Waals surface area (Å²) in [7, 11) is 4.80. The molecule has 0 bridgehead atoms. The molecule has 0 aromatic carbocycles. The molecule has 0 aliphatic carbocycles. The summed E-state index contributed by atoms with van der Waals surface area (Å²) in [5, 5.41) is 14.4. The maximum Gasteiger partial charge on any atom is 0.213 e. The van der Waals surface area contributed by atoms with E-state index in [1.54, 1.807) is 36.1 Å². The Morgan fingerprint density at radius 1 is 1.28 bits per heavy atom. The highest BCUT2D eigenvalue weighted by molar-refractivity contribution is 5.33. The van der Waals surface area contributed by atoms with Gasteiger partial charge in [0.25, 0.3) is 0 Å². The van der Waals surface area contributed by atoms with E-state index in [1.807, 2.05) is 0 Å². The zero-order valence-corrected chi connectivity index (χ0v) is 10.5. The van der Waals surface area contributed by atoms with E-state index in [0.717, 1.165) is 0 Å². The number of aromatic nitrogens is 3. The fourth-order valence-electron chi connectivity index (χ4n) is 1.73. The SMILES string of the molecule is COc1cccc(C(O)c2c(OC)cnn2C)n1. The highest BCUT2D eigenvalue weighted by atomic mass is 16.5. The van der Waals surface area contributed by atoms with Gasteiger partial charge >= 0.3 is 0 Å². The predicted molar refractivity (Wildman–Crippen MR) is 64.6 cm³/mol. The lowest BCUT2D eigenvalue weighted by molar-refractivity contribution is 0.198. The van der Waals surface area contributed by atoms with E-state index in [4.69, 9.17) is 9.47 Å². The van der Waals surface area contributed by atoms with Gasteiger partial charge in [-0.2, -0.15) is 5.10 Å². The Hall–Kier alpha value is -2.08. The van der Waals surface area contributed by atoms with Crippen LogP contribution in [0.25, 0.3) is 0 Å². The average Bonchev–Trinajstić information content (AvgIpc) is 2.79. The summed E-state index contributed by atoms with van der Waals surface area (Å²) < 4.78 is 11.8. The fourth-order valence-corrected chi connectivity index (χ4v) is 1.73. The van der Waals surface area contributed by atoms with Crippen LogP contribution in [0, 0.1) is 0 Å². The Morgan fingerprint density at radius 2 is 2.06 bits per heavy atom. The van der Waals surface area contributed by atoms with E-state index in [1.165, 1.54) is 14.2 Å². The fraction of sp³-hybridized carbons (Fsp3) is 0.333. The third-order valence-electron chi connectivity index (χ3n) is 2.66. The van der Waals surface area contributed by atoms with Crippen LogP contribution >= 0.6 is 0 Å². The molecule has 0 saturated carbocycles. The molecule has 1 unspecified atom stereocenters. The first-order valence-electron chi connectivity index (χ1n) is 5.42. The zero-order chi connectivity index (χ0) is 13.1. The van der Waals surface area contributed by atoms with Gasteiger partial charge in [0, 0.05) is 13.1 Å². The minimum atomic E-state index is -0.914. The van der Waals surface area contributed by atoms with Crippen molar-refractivity contribution in [2.24, 2.45) is 7.05 Å². The minimum Gasteiger partial charge on any atom is -0.493 e. The Kier molecular flexibility index (Phi) is 3.47. The van der Waals surface area contributed by atoms with Crippen LogP contribution in [0.2, 0.25) is 0 Å². The lowest BCUT2D eigenvalue weighted by Gasteiger charge is -2.13. The molecule has 2 heterocycles. The van der Waals surface area contributed by atoms with Gasteiger partial charge < -0.3 is 14.6 Å². The van der Waals surface area contributed by atoms with E-state index in [0.29, 0.717) is 23.0 Å². The average molecular weight is 249 g/mol. The molecule has 96 valence electrons. The lowest BCUT2D eigenvalue weighted by atomic mass is 10.1. The maximum absolute atomic E-state index is 10.3. The number of aliphatic hydroxyl groups is 1. The molecular weight excluding hydrogens is 234 g/mol. The van der Waals surface area contributed by atoms with Crippen molar-refractivity contribution in [2.45, 2.75) is 6.10 Å². The summed E-state index contributed by atoms with van der Waals surface area (Å²) in [5.41, 5.74) is 1.04. The number of hydrogen-bond acceptors (Lipinski definition) is 5. The second-order valence-electron chi connectivity index (χ2n) is 3.73. The van der Waals surface area contributed by atoms with Gasteiger partial charge in [-0.05, 0) is 6.07 Å². The summed E-state index contributed by atoms with van der Waals surface area (Å²) in [6.45, 7) is 0. The Labute approximate surface area is 105 Å². The molecule has 0 saturated heterocycles. The van der Waals surface area contributed by atoms with Crippen molar-refractivity contribution in [2.75, 3.05) is 14.2 Å². The van der Waals surface area contributed by atoms with Crippen molar-refractivity contribution < 1.29 is 14.6 Å². The Balaban J connectivity index is 2.40. The zero-order valence-electron chi connectivity index (χ0n) is 10.5. The van der Waals surface area contributed by atoms with Gasteiger partial charge in [-0.15, -0.1) is 0 Å². The van der Waals surface area contributed by atoms with Gasteiger partial charge in [-0.3, -0.25) is 4.68 Å². The number of methoxy groups -OCH3 is 2. The van der Waals surface area contributed by atoms with Gasteiger partial charge in [-0.1, -0.05) is 6.07 Å². The third-order valence-corrected chi connectivity index (χ3v) is 2.66. The first-order chi connectivity index (χ1) is 8.67. The van der Waals surface area contributed by atoms with Crippen molar-refractivity contribution in [1.82, 2.24) is 14.8 Å². The van der Waals surface area contributed by atoms with Crippen molar-refractivity contribution >= 4 is 0 Å². The second-order valence-corrected chi connectivity index (χ2v) is 3.73. The van der Waals surface area contributed by atoms with E-state index in [9.17, 15) is 5.11 Å². The van der Waals surface area contributed by atoms with Gasteiger partial charge in [0.05, 0.1) is 26.1 Å². The largest absolute Gasteiger partial charge is 0.493 e. The molecule has 2 rings (SSSR count). The molecule has 1 atom stereocenters. The molecule has 6 heteroatoms. The van der Waals surface area contributed by atoms with E-state index >= 15 is 0 Å². The summed E-state index contributed by atoms with van der Waals surface area (Å²) in [5.74, 6) is 0.974. The van der Waals surface area contributed by atoms with Gasteiger partial charge in [-0.25, -0.2) is 4.98 Å². The van der Waals surface area contributed by atoms with E-state index in [-0.39, 0.29) is 0 Å². The van der Waals surface area contributed by atoms with E-state index < -0.39 is 6.10 Å². The number of hydrogen-bond donors (Lipinski definition) is 1. The molecule has 1 N–H and O–H groups in total. The quantitative estimate of drug-likeness (QED) is 0.872. The highest BCUT2D eigenvalue weighted by Crippen LogP contribution is 2.28. The Bertz CT molecular complexity index is 539. The molecule has 2 aromatic heterocycles. The van der Waals surface area contributed by atoms with Crippen LogP contribution in [-0.4, -0.2) is 34.1 Å². The topological polar surface area (TPSA) is 69.4 Å². The van der Waals surface area contributed by atoms with Gasteiger partial charge in [0.15, 0.2) is 5.75 Å². The molecule has 0 spiro atoms. The first kappa shape index (κ1) is 12.4. The van der Waals surface area contributed by atoms with Crippen molar-refractivity contribution in [3.63, 3.8) is 0 Å². The Morgan fingerprint density at radius 3 is 2.72 bits per heavy atom. The minimum absolute atomic E-state index is 0.452. The van der Waals surface area contributed by atoms with Crippen LogP contribution in [-0.2, 0) is 7.05 Å². The van der Waals surface area contributed by atoms with Crippen LogP contribution in [0.1, 0.15) is 17.5 Å². The number of nitrogens with zero attached hydrogens (tertiary/aromatic N) is 3. The summed E-state index contributed by atoms with van der Waals surface area (Å²) >= 11 is 0. The summed E-state index contributed by atoms with van der Waals surface area (Å²) in [6.07, 6.45) is 0.640. The number of pyridine rings is 1.